The van der Waals surface area contributed by atoms with Gasteiger partial charge in [-0.1, -0.05) is 11.6 Å². The lowest BCUT2D eigenvalue weighted by molar-refractivity contribution is -0.138. The van der Waals surface area contributed by atoms with E-state index in [1.165, 1.54) is 0 Å². The third-order valence-corrected chi connectivity index (χ3v) is 6.34. The molecule has 1 aromatic heterocycles. The predicted molar refractivity (Wildman–Crippen MR) is 94.4 cm³/mol. The van der Waals surface area contributed by atoms with Gasteiger partial charge in [-0.2, -0.15) is 18.2 Å². The first kappa shape index (κ1) is 17.6. The SMILES string of the molecule is FC(F)(F)c1cc2c(N3C4CCC3CNC4)nc(Cl)nc2c(Cl)c1Br. The van der Waals surface area contributed by atoms with Crippen molar-refractivity contribution >= 4 is 55.9 Å². The van der Waals surface area contributed by atoms with Crippen molar-refractivity contribution in [2.45, 2.75) is 31.1 Å². The average Bonchev–Trinajstić information content (AvgIpc) is 2.78. The molecule has 2 aliphatic heterocycles. The van der Waals surface area contributed by atoms with E-state index in [1.54, 1.807) is 0 Å². The zero-order chi connectivity index (χ0) is 17.9. The highest BCUT2D eigenvalue weighted by Gasteiger charge is 2.40. The highest BCUT2D eigenvalue weighted by Crippen LogP contribution is 2.45. The van der Waals surface area contributed by atoms with Gasteiger partial charge in [-0.3, -0.25) is 0 Å². The van der Waals surface area contributed by atoms with Gasteiger partial charge in [0.2, 0.25) is 5.28 Å². The normalized spacial score (nSPS) is 23.5. The molecule has 1 N–H and O–H groups in total. The van der Waals surface area contributed by atoms with Gasteiger partial charge in [0.25, 0.3) is 0 Å². The fourth-order valence-corrected chi connectivity index (χ4v) is 4.63. The summed E-state index contributed by atoms with van der Waals surface area (Å²) in [6.07, 6.45) is -2.63. The Labute approximate surface area is 159 Å². The summed E-state index contributed by atoms with van der Waals surface area (Å²) in [6, 6.07) is 1.40. The molecule has 10 heteroatoms. The number of hydrogen-bond donors (Lipinski definition) is 1. The Bertz CT molecular complexity index is 845. The molecule has 0 spiro atoms. The van der Waals surface area contributed by atoms with E-state index in [4.69, 9.17) is 23.2 Å². The van der Waals surface area contributed by atoms with E-state index in [0.717, 1.165) is 32.0 Å². The Morgan fingerprint density at radius 2 is 1.80 bits per heavy atom. The van der Waals surface area contributed by atoms with Crippen molar-refractivity contribution in [3.63, 3.8) is 0 Å². The van der Waals surface area contributed by atoms with Crippen LogP contribution >= 0.6 is 39.1 Å². The van der Waals surface area contributed by atoms with Gasteiger partial charge in [-0.05, 0) is 46.4 Å². The standard InChI is InChI=1S/C15H12BrCl2F3N4/c16-10-9(15(19,20)21)3-8-12(11(10)17)23-14(18)24-13(8)25-6-1-2-7(25)5-22-4-6/h3,6-7,22H,1-2,4-5H2. The summed E-state index contributed by atoms with van der Waals surface area (Å²) in [6.45, 7) is 1.52. The van der Waals surface area contributed by atoms with E-state index in [-0.39, 0.29) is 37.8 Å². The Hall–Kier alpha value is -0.830. The molecular weight excluding hydrogens is 444 g/mol. The van der Waals surface area contributed by atoms with E-state index >= 15 is 0 Å². The van der Waals surface area contributed by atoms with E-state index < -0.39 is 11.7 Å². The van der Waals surface area contributed by atoms with Crippen molar-refractivity contribution in [2.24, 2.45) is 0 Å². The molecule has 25 heavy (non-hydrogen) atoms. The minimum atomic E-state index is -4.55. The molecule has 2 saturated heterocycles. The molecule has 1 aromatic carbocycles. The molecule has 2 aliphatic rings. The van der Waals surface area contributed by atoms with E-state index in [0.29, 0.717) is 5.82 Å². The maximum absolute atomic E-state index is 13.4. The first-order valence-corrected chi connectivity index (χ1v) is 9.23. The minimum absolute atomic E-state index is 0.0333. The van der Waals surface area contributed by atoms with Crippen LogP contribution in [-0.2, 0) is 6.18 Å². The molecule has 4 nitrogen and oxygen atoms in total. The number of benzene rings is 1. The molecule has 2 bridgehead atoms. The van der Waals surface area contributed by atoms with Crippen molar-refractivity contribution in [3.05, 3.63) is 26.4 Å². The lowest BCUT2D eigenvalue weighted by Crippen LogP contribution is -2.52. The van der Waals surface area contributed by atoms with Crippen LogP contribution in [0.2, 0.25) is 10.3 Å². The molecule has 2 atom stereocenters. The van der Waals surface area contributed by atoms with Gasteiger partial charge in [-0.25, -0.2) is 4.98 Å². The van der Waals surface area contributed by atoms with Gasteiger partial charge in [0.1, 0.15) is 5.82 Å². The highest BCUT2D eigenvalue weighted by atomic mass is 79.9. The number of nitrogens with one attached hydrogen (secondary N) is 1. The van der Waals surface area contributed by atoms with Gasteiger partial charge >= 0.3 is 6.18 Å². The molecule has 3 heterocycles. The van der Waals surface area contributed by atoms with Crippen LogP contribution in [0.4, 0.5) is 19.0 Å². The van der Waals surface area contributed by atoms with Crippen LogP contribution in [0, 0.1) is 0 Å². The molecule has 2 aromatic rings. The zero-order valence-electron chi connectivity index (χ0n) is 12.7. The molecule has 2 unspecified atom stereocenters. The smallest absolute Gasteiger partial charge is 0.347 e. The number of hydrogen-bond acceptors (Lipinski definition) is 4. The molecule has 0 radical (unpaired) electrons. The molecular formula is C15H12BrCl2F3N4. The van der Waals surface area contributed by atoms with Gasteiger partial charge in [0.05, 0.1) is 20.6 Å². The Kier molecular flexibility index (Phi) is 4.30. The quantitative estimate of drug-likeness (QED) is 0.635. The topological polar surface area (TPSA) is 41.0 Å². The largest absolute Gasteiger partial charge is 0.417 e. The van der Waals surface area contributed by atoms with E-state index in [9.17, 15) is 13.2 Å². The minimum Gasteiger partial charge on any atom is -0.347 e. The first-order valence-electron chi connectivity index (χ1n) is 7.69. The van der Waals surface area contributed by atoms with Crippen LogP contribution < -0.4 is 10.2 Å². The fourth-order valence-electron chi connectivity index (χ4n) is 3.69. The monoisotopic (exact) mass is 454 g/mol. The highest BCUT2D eigenvalue weighted by molar-refractivity contribution is 9.10. The van der Waals surface area contributed by atoms with E-state index in [1.807, 2.05) is 0 Å². The average molecular weight is 456 g/mol. The van der Waals surface area contributed by atoms with Crippen molar-refractivity contribution in [2.75, 3.05) is 18.0 Å². The van der Waals surface area contributed by atoms with Crippen LogP contribution in [0.3, 0.4) is 0 Å². The lowest BCUT2D eigenvalue weighted by atomic mass is 10.1. The van der Waals surface area contributed by atoms with Crippen LogP contribution in [0.15, 0.2) is 10.5 Å². The molecule has 2 fully saturated rings. The van der Waals surface area contributed by atoms with Crippen LogP contribution in [0.1, 0.15) is 18.4 Å². The maximum atomic E-state index is 13.4. The Balaban J connectivity index is 2.00. The van der Waals surface area contributed by atoms with Gasteiger partial charge in [-0.15, -0.1) is 0 Å². The summed E-state index contributed by atoms with van der Waals surface area (Å²) >= 11 is 15.2. The number of aromatic nitrogens is 2. The summed E-state index contributed by atoms with van der Waals surface area (Å²) in [4.78, 5) is 10.4. The van der Waals surface area contributed by atoms with Gasteiger partial charge < -0.3 is 10.2 Å². The molecule has 4 rings (SSSR count). The van der Waals surface area contributed by atoms with Crippen LogP contribution in [0.25, 0.3) is 10.9 Å². The summed E-state index contributed by atoms with van der Waals surface area (Å²) in [5.74, 6) is 0.420. The van der Waals surface area contributed by atoms with Crippen LogP contribution in [0.5, 0.6) is 0 Å². The number of halogens is 6. The summed E-state index contributed by atoms with van der Waals surface area (Å²) in [7, 11) is 0. The maximum Gasteiger partial charge on any atom is 0.417 e. The molecule has 0 saturated carbocycles. The third kappa shape index (κ3) is 2.87. The lowest BCUT2D eigenvalue weighted by Gasteiger charge is -2.37. The molecule has 0 aliphatic carbocycles. The Morgan fingerprint density at radius 3 is 2.40 bits per heavy atom. The van der Waals surface area contributed by atoms with Crippen molar-refractivity contribution in [1.82, 2.24) is 15.3 Å². The summed E-state index contributed by atoms with van der Waals surface area (Å²) in [5.41, 5.74) is -0.630. The third-order valence-electron chi connectivity index (χ3n) is 4.75. The fraction of sp³-hybridized carbons (Fsp3) is 0.467. The van der Waals surface area contributed by atoms with Gasteiger partial charge in [0, 0.05) is 30.6 Å². The van der Waals surface area contributed by atoms with E-state index in [2.05, 4.69) is 36.1 Å². The number of alkyl halides is 3. The Morgan fingerprint density at radius 1 is 1.16 bits per heavy atom. The number of rotatable bonds is 1. The second-order valence-corrected chi connectivity index (χ2v) is 7.72. The number of anilines is 1. The zero-order valence-corrected chi connectivity index (χ0v) is 15.8. The van der Waals surface area contributed by atoms with Crippen molar-refractivity contribution < 1.29 is 13.2 Å². The number of fused-ring (bicyclic) bond motifs is 3. The van der Waals surface area contributed by atoms with Gasteiger partial charge in [0.15, 0.2) is 0 Å². The molecule has 134 valence electrons. The molecule has 0 amide bonds. The number of nitrogens with zero attached hydrogens (tertiary/aromatic N) is 3. The first-order chi connectivity index (χ1) is 11.8. The summed E-state index contributed by atoms with van der Waals surface area (Å²) in [5, 5.41) is 3.45. The van der Waals surface area contributed by atoms with Crippen molar-refractivity contribution in [1.29, 1.82) is 0 Å². The second-order valence-electron chi connectivity index (χ2n) is 6.21. The predicted octanol–water partition coefficient (Wildman–Crippen LogP) is 4.66. The number of piperazine rings is 1. The van der Waals surface area contributed by atoms with Crippen LogP contribution in [-0.4, -0.2) is 35.1 Å². The summed E-state index contributed by atoms with van der Waals surface area (Å²) < 4.78 is 40.0. The van der Waals surface area contributed by atoms with Crippen molar-refractivity contribution in [3.8, 4) is 0 Å². The second kappa shape index (κ2) is 6.11.